The smallest absolute Gasteiger partial charge is 0.434 e. The number of thiazole rings is 1. The highest BCUT2D eigenvalue weighted by Crippen LogP contribution is 2.30. The van der Waals surface area contributed by atoms with Crippen molar-refractivity contribution in [3.05, 3.63) is 40.0 Å². The van der Waals surface area contributed by atoms with Gasteiger partial charge in [-0.05, 0) is 37.3 Å². The number of nitrogens with zero attached hydrogens (tertiary/aromatic N) is 3. The molecule has 2 aromatic rings. The lowest BCUT2D eigenvalue weighted by molar-refractivity contribution is -0.140. The molecule has 1 aliphatic carbocycles. The van der Waals surface area contributed by atoms with Gasteiger partial charge in [-0.25, -0.2) is 9.97 Å². The summed E-state index contributed by atoms with van der Waals surface area (Å²) in [6.45, 7) is 0.954. The molecule has 2 heterocycles. The van der Waals surface area contributed by atoms with Gasteiger partial charge in [-0.3, -0.25) is 4.99 Å². The predicted octanol–water partition coefficient (Wildman–Crippen LogP) is 4.79. The maximum atomic E-state index is 12.6. The summed E-state index contributed by atoms with van der Waals surface area (Å²) < 4.78 is 43.8. The highest BCUT2D eigenvalue weighted by molar-refractivity contribution is 14.0. The van der Waals surface area contributed by atoms with Crippen LogP contribution in [0.25, 0.3) is 0 Å². The van der Waals surface area contributed by atoms with Gasteiger partial charge in [-0.1, -0.05) is 6.42 Å². The Kier molecular flexibility index (Phi) is 10.3. The van der Waals surface area contributed by atoms with Crippen LogP contribution < -0.4 is 15.4 Å². The van der Waals surface area contributed by atoms with E-state index in [1.165, 1.54) is 19.3 Å². The van der Waals surface area contributed by atoms with Gasteiger partial charge in [0, 0.05) is 44.2 Å². The van der Waals surface area contributed by atoms with E-state index in [9.17, 15) is 13.2 Å². The van der Waals surface area contributed by atoms with E-state index >= 15 is 0 Å². The van der Waals surface area contributed by atoms with E-state index < -0.39 is 11.9 Å². The number of aromatic nitrogens is 2. The van der Waals surface area contributed by atoms with Gasteiger partial charge in [0.25, 0.3) is 0 Å². The molecule has 1 saturated carbocycles. The van der Waals surface area contributed by atoms with Gasteiger partial charge in [-0.15, -0.1) is 35.3 Å². The van der Waals surface area contributed by atoms with Crippen molar-refractivity contribution < 1.29 is 17.9 Å². The van der Waals surface area contributed by atoms with Gasteiger partial charge in [0.1, 0.15) is 6.10 Å². The number of aliphatic imine (C=N–C) groups is 1. The molecule has 172 valence electrons. The van der Waals surface area contributed by atoms with Gasteiger partial charge in [0.05, 0.1) is 5.01 Å². The molecule has 0 saturated heterocycles. The van der Waals surface area contributed by atoms with Crippen LogP contribution in [0.2, 0.25) is 0 Å². The third-order valence-electron chi connectivity index (χ3n) is 4.80. The molecule has 0 aromatic carbocycles. The van der Waals surface area contributed by atoms with Crippen molar-refractivity contribution in [2.45, 2.75) is 57.3 Å². The number of hydrogen-bond acceptors (Lipinski definition) is 5. The van der Waals surface area contributed by atoms with Crippen molar-refractivity contribution in [2.75, 3.05) is 13.6 Å². The molecule has 0 unspecified atom stereocenters. The highest BCUT2D eigenvalue weighted by Gasteiger charge is 2.33. The maximum absolute atomic E-state index is 12.6. The summed E-state index contributed by atoms with van der Waals surface area (Å²) in [6, 6.07) is 3.82. The fourth-order valence-electron chi connectivity index (χ4n) is 3.23. The second-order valence-corrected chi connectivity index (χ2v) is 8.05. The fraction of sp³-hybridized carbons (Fsp3) is 0.550. The Labute approximate surface area is 201 Å². The number of pyridine rings is 1. The predicted molar refractivity (Wildman–Crippen MR) is 126 cm³/mol. The summed E-state index contributed by atoms with van der Waals surface area (Å²) >= 11 is 1.01. The number of nitrogens with one attached hydrogen (secondary N) is 2. The Balaban J connectivity index is 0.00000341. The van der Waals surface area contributed by atoms with Crippen LogP contribution in [-0.4, -0.2) is 35.6 Å². The molecule has 2 aromatic heterocycles. The largest absolute Gasteiger partial charge is 0.474 e. The molecule has 3 rings (SSSR count). The van der Waals surface area contributed by atoms with Crippen molar-refractivity contribution in [1.29, 1.82) is 0 Å². The van der Waals surface area contributed by atoms with Crippen molar-refractivity contribution in [3.63, 3.8) is 0 Å². The van der Waals surface area contributed by atoms with E-state index in [1.54, 1.807) is 13.2 Å². The standard InChI is InChI=1S/C20H26F3N5OS.HI/c1-24-19(26-10-8-18-28-16(13-30-18)20(21,22)23)27-12-14-7-9-25-17(11-14)29-15-5-3-2-4-6-15;/h7,9,11,13,15H,2-6,8,10,12H2,1H3,(H2,24,26,27);1H. The fourth-order valence-corrected chi connectivity index (χ4v) is 4.03. The van der Waals surface area contributed by atoms with Crippen molar-refractivity contribution in [2.24, 2.45) is 4.99 Å². The van der Waals surface area contributed by atoms with Crippen LogP contribution in [0, 0.1) is 0 Å². The lowest BCUT2D eigenvalue weighted by Crippen LogP contribution is -2.37. The molecule has 0 bridgehead atoms. The van der Waals surface area contributed by atoms with Gasteiger partial charge >= 0.3 is 6.18 Å². The minimum Gasteiger partial charge on any atom is -0.474 e. The summed E-state index contributed by atoms with van der Waals surface area (Å²) in [5.41, 5.74) is 0.169. The molecule has 0 aliphatic heterocycles. The Morgan fingerprint density at radius 1 is 1.26 bits per heavy atom. The lowest BCUT2D eigenvalue weighted by atomic mass is 9.98. The van der Waals surface area contributed by atoms with Gasteiger partial charge in [0.2, 0.25) is 5.88 Å². The third kappa shape index (κ3) is 8.43. The van der Waals surface area contributed by atoms with E-state index in [2.05, 4.69) is 25.6 Å². The molecule has 31 heavy (non-hydrogen) atoms. The normalized spacial score (nSPS) is 15.3. The van der Waals surface area contributed by atoms with Crippen molar-refractivity contribution in [1.82, 2.24) is 20.6 Å². The average molecular weight is 569 g/mol. The number of halogens is 4. The SMILES string of the molecule is CN=C(NCCc1nc(C(F)(F)F)cs1)NCc1ccnc(OC2CCCCC2)c1.I. The lowest BCUT2D eigenvalue weighted by Gasteiger charge is -2.22. The van der Waals surface area contributed by atoms with Crippen molar-refractivity contribution >= 4 is 41.3 Å². The molecule has 1 aliphatic rings. The first-order chi connectivity index (χ1) is 14.4. The van der Waals surface area contributed by atoms with E-state index in [1.807, 2.05) is 12.1 Å². The van der Waals surface area contributed by atoms with Gasteiger partial charge in [0.15, 0.2) is 11.7 Å². The Morgan fingerprint density at radius 3 is 2.71 bits per heavy atom. The average Bonchev–Trinajstić information content (AvgIpc) is 3.21. The number of alkyl halides is 3. The molecular formula is C20H27F3IN5OS. The summed E-state index contributed by atoms with van der Waals surface area (Å²) in [4.78, 5) is 12.1. The first-order valence-electron chi connectivity index (χ1n) is 10.0. The summed E-state index contributed by atoms with van der Waals surface area (Å²) in [6.07, 6.45) is 3.78. The minimum atomic E-state index is -4.40. The zero-order valence-corrected chi connectivity index (χ0v) is 20.4. The number of rotatable bonds is 7. The quantitative estimate of drug-likeness (QED) is 0.285. The highest BCUT2D eigenvalue weighted by atomic mass is 127. The molecule has 11 heteroatoms. The Morgan fingerprint density at radius 2 is 2.03 bits per heavy atom. The Bertz CT molecular complexity index is 840. The maximum Gasteiger partial charge on any atom is 0.434 e. The molecule has 0 radical (unpaired) electrons. The van der Waals surface area contributed by atoms with Crippen LogP contribution in [0.1, 0.15) is 48.4 Å². The third-order valence-corrected chi connectivity index (χ3v) is 5.70. The first kappa shape index (κ1) is 25.6. The van der Waals surface area contributed by atoms with Gasteiger partial charge in [-0.2, -0.15) is 13.2 Å². The number of hydrogen-bond donors (Lipinski definition) is 2. The van der Waals surface area contributed by atoms with E-state index in [0.717, 1.165) is 35.1 Å². The summed E-state index contributed by atoms with van der Waals surface area (Å²) in [7, 11) is 1.64. The topological polar surface area (TPSA) is 71.4 Å². The molecule has 0 atom stereocenters. The van der Waals surface area contributed by atoms with Crippen LogP contribution in [0.3, 0.4) is 0 Å². The van der Waals surface area contributed by atoms with Crippen LogP contribution in [0.5, 0.6) is 5.88 Å². The zero-order chi connectivity index (χ0) is 21.4. The number of guanidine groups is 1. The Hall–Kier alpha value is -1.63. The van der Waals surface area contributed by atoms with E-state index in [4.69, 9.17) is 4.74 Å². The van der Waals surface area contributed by atoms with Crippen molar-refractivity contribution in [3.8, 4) is 5.88 Å². The van der Waals surface area contributed by atoms with E-state index in [0.29, 0.717) is 36.4 Å². The minimum absolute atomic E-state index is 0. The van der Waals surface area contributed by atoms with Crippen LogP contribution in [-0.2, 0) is 19.1 Å². The second kappa shape index (κ2) is 12.4. The van der Waals surface area contributed by atoms with E-state index in [-0.39, 0.29) is 30.1 Å². The summed E-state index contributed by atoms with van der Waals surface area (Å²) in [5.74, 6) is 1.20. The van der Waals surface area contributed by atoms with Crippen LogP contribution in [0.4, 0.5) is 13.2 Å². The second-order valence-electron chi connectivity index (χ2n) is 7.11. The monoisotopic (exact) mass is 569 g/mol. The first-order valence-corrected chi connectivity index (χ1v) is 10.9. The van der Waals surface area contributed by atoms with Gasteiger partial charge < -0.3 is 15.4 Å². The molecule has 0 amide bonds. The molecule has 2 N–H and O–H groups in total. The summed E-state index contributed by atoms with van der Waals surface area (Å²) in [5, 5.41) is 7.76. The molecule has 0 spiro atoms. The molecule has 6 nitrogen and oxygen atoms in total. The van der Waals surface area contributed by atoms with Crippen LogP contribution in [0.15, 0.2) is 28.7 Å². The molecular weight excluding hydrogens is 542 g/mol. The van der Waals surface area contributed by atoms with Crippen LogP contribution >= 0.6 is 35.3 Å². The zero-order valence-electron chi connectivity index (χ0n) is 17.2. The molecule has 1 fully saturated rings. The number of ether oxygens (including phenoxy) is 1.